The highest BCUT2D eigenvalue weighted by molar-refractivity contribution is 5.51. The van der Waals surface area contributed by atoms with E-state index in [9.17, 15) is 0 Å². The second-order valence-electron chi connectivity index (χ2n) is 5.93. The third-order valence-corrected chi connectivity index (χ3v) is 4.84. The predicted molar refractivity (Wildman–Crippen MR) is 77.6 cm³/mol. The summed E-state index contributed by atoms with van der Waals surface area (Å²) in [6.45, 7) is 8.13. The number of rotatable bonds is 2. The maximum Gasteiger partial charge on any atom is 0.127 e. The number of likely N-dealkylation sites (tertiary alicyclic amines) is 1. The molecule has 0 radical (unpaired) electrons. The molecule has 1 saturated heterocycles. The molecule has 0 amide bonds. The second-order valence-corrected chi connectivity index (χ2v) is 5.93. The molecule has 104 valence electrons. The van der Waals surface area contributed by atoms with Crippen LogP contribution in [-0.4, -0.2) is 31.1 Å². The summed E-state index contributed by atoms with van der Waals surface area (Å²) < 4.78 is 5.97. The minimum absolute atomic E-state index is 0.000185. The van der Waals surface area contributed by atoms with E-state index in [1.54, 1.807) is 0 Å². The van der Waals surface area contributed by atoms with Crippen molar-refractivity contribution >= 4 is 0 Å². The van der Waals surface area contributed by atoms with Crippen molar-refractivity contribution in [3.8, 4) is 5.75 Å². The van der Waals surface area contributed by atoms with Gasteiger partial charge >= 0.3 is 0 Å². The van der Waals surface area contributed by atoms with Gasteiger partial charge in [-0.25, -0.2) is 0 Å². The molecule has 1 unspecified atom stereocenters. The molecule has 1 fully saturated rings. The van der Waals surface area contributed by atoms with Crippen LogP contribution >= 0.6 is 0 Å². The first-order valence-corrected chi connectivity index (χ1v) is 7.37. The van der Waals surface area contributed by atoms with Gasteiger partial charge in [-0.3, -0.25) is 4.90 Å². The summed E-state index contributed by atoms with van der Waals surface area (Å²) in [6, 6.07) is 4.37. The van der Waals surface area contributed by atoms with E-state index in [0.717, 1.165) is 18.8 Å². The Morgan fingerprint density at radius 2 is 1.89 bits per heavy atom. The lowest BCUT2D eigenvalue weighted by Gasteiger charge is -2.46. The van der Waals surface area contributed by atoms with E-state index in [0.29, 0.717) is 6.54 Å². The third kappa shape index (κ3) is 1.87. The van der Waals surface area contributed by atoms with Gasteiger partial charge in [-0.2, -0.15) is 0 Å². The van der Waals surface area contributed by atoms with Crippen molar-refractivity contribution in [2.75, 3.05) is 26.2 Å². The van der Waals surface area contributed by atoms with Gasteiger partial charge in [0.15, 0.2) is 0 Å². The Labute approximate surface area is 115 Å². The summed E-state index contributed by atoms with van der Waals surface area (Å²) in [5.74, 6) is 1.09. The zero-order valence-corrected chi connectivity index (χ0v) is 12.0. The van der Waals surface area contributed by atoms with Crippen molar-refractivity contribution in [1.29, 1.82) is 0 Å². The fraction of sp³-hybridized carbons (Fsp3) is 0.625. The van der Waals surface area contributed by atoms with Gasteiger partial charge in [0, 0.05) is 18.5 Å². The Hall–Kier alpha value is -1.06. The Morgan fingerprint density at radius 3 is 2.58 bits per heavy atom. The molecule has 2 aliphatic rings. The molecule has 1 atom stereocenters. The van der Waals surface area contributed by atoms with Crippen molar-refractivity contribution in [2.45, 2.75) is 38.6 Å². The molecule has 0 aliphatic carbocycles. The average Bonchev–Trinajstić information content (AvgIpc) is 2.97. The van der Waals surface area contributed by atoms with Crippen molar-refractivity contribution < 1.29 is 4.74 Å². The molecule has 2 aliphatic heterocycles. The number of aryl methyl sites for hydroxylation is 2. The number of nitrogens with zero attached hydrogens (tertiary/aromatic N) is 1. The van der Waals surface area contributed by atoms with Crippen LogP contribution in [0.25, 0.3) is 0 Å². The number of hydrogen-bond acceptors (Lipinski definition) is 3. The molecular formula is C16H24N2O. The van der Waals surface area contributed by atoms with Crippen LogP contribution in [0, 0.1) is 13.8 Å². The van der Waals surface area contributed by atoms with Gasteiger partial charge < -0.3 is 10.5 Å². The molecule has 3 rings (SSSR count). The van der Waals surface area contributed by atoms with Gasteiger partial charge in [-0.05, 0) is 50.9 Å². The lowest BCUT2D eigenvalue weighted by atomic mass is 9.79. The molecule has 0 saturated carbocycles. The van der Waals surface area contributed by atoms with Crippen LogP contribution in [0.15, 0.2) is 12.1 Å². The minimum Gasteiger partial charge on any atom is -0.493 e. The molecule has 2 heterocycles. The van der Waals surface area contributed by atoms with E-state index in [4.69, 9.17) is 10.5 Å². The average molecular weight is 260 g/mol. The number of fused-ring (bicyclic) bond motifs is 1. The van der Waals surface area contributed by atoms with Gasteiger partial charge in [-0.1, -0.05) is 12.1 Å². The highest BCUT2D eigenvalue weighted by atomic mass is 16.5. The van der Waals surface area contributed by atoms with Crippen LogP contribution in [0.1, 0.15) is 36.0 Å². The summed E-state index contributed by atoms with van der Waals surface area (Å²) in [5.41, 5.74) is 10.2. The summed E-state index contributed by atoms with van der Waals surface area (Å²) >= 11 is 0. The van der Waals surface area contributed by atoms with Crippen LogP contribution in [0.3, 0.4) is 0 Å². The molecule has 1 aromatic carbocycles. The molecule has 2 N–H and O–H groups in total. The van der Waals surface area contributed by atoms with Gasteiger partial charge in [0.05, 0.1) is 12.1 Å². The van der Waals surface area contributed by atoms with Gasteiger partial charge in [0.2, 0.25) is 0 Å². The lowest BCUT2D eigenvalue weighted by molar-refractivity contribution is 0.0686. The van der Waals surface area contributed by atoms with E-state index in [-0.39, 0.29) is 5.54 Å². The summed E-state index contributed by atoms with van der Waals surface area (Å²) in [7, 11) is 0. The van der Waals surface area contributed by atoms with E-state index in [1.807, 2.05) is 0 Å². The minimum atomic E-state index is 0.000185. The van der Waals surface area contributed by atoms with E-state index >= 15 is 0 Å². The molecule has 0 spiro atoms. The van der Waals surface area contributed by atoms with Crippen LogP contribution in [-0.2, 0) is 5.54 Å². The fourth-order valence-corrected chi connectivity index (χ4v) is 3.79. The Kier molecular flexibility index (Phi) is 3.27. The predicted octanol–water partition coefficient (Wildman–Crippen LogP) is 2.34. The monoisotopic (exact) mass is 260 g/mol. The molecular weight excluding hydrogens is 236 g/mol. The van der Waals surface area contributed by atoms with Crippen molar-refractivity contribution in [3.63, 3.8) is 0 Å². The largest absolute Gasteiger partial charge is 0.493 e. The number of hydrogen-bond donors (Lipinski definition) is 1. The first kappa shape index (κ1) is 12.9. The number of benzene rings is 1. The van der Waals surface area contributed by atoms with Crippen LogP contribution in [0.4, 0.5) is 0 Å². The quantitative estimate of drug-likeness (QED) is 0.887. The molecule has 0 bridgehead atoms. The zero-order valence-electron chi connectivity index (χ0n) is 12.0. The maximum absolute atomic E-state index is 6.25. The second kappa shape index (κ2) is 4.80. The smallest absolute Gasteiger partial charge is 0.127 e. The number of nitrogens with two attached hydrogens (primary N) is 1. The standard InChI is InChI=1S/C16H24N2O/c1-12-5-6-13(2)15-14(12)16(11-17,7-10-19-15)18-8-3-4-9-18/h5-6H,3-4,7-11,17H2,1-2H3. The molecule has 19 heavy (non-hydrogen) atoms. The first-order valence-electron chi connectivity index (χ1n) is 7.37. The molecule has 3 heteroatoms. The van der Waals surface area contributed by atoms with Gasteiger partial charge in [0.25, 0.3) is 0 Å². The highest BCUT2D eigenvalue weighted by Gasteiger charge is 2.44. The highest BCUT2D eigenvalue weighted by Crippen LogP contribution is 2.45. The Morgan fingerprint density at radius 1 is 1.21 bits per heavy atom. The third-order valence-electron chi connectivity index (χ3n) is 4.84. The topological polar surface area (TPSA) is 38.5 Å². The van der Waals surface area contributed by atoms with Crippen LogP contribution < -0.4 is 10.5 Å². The first-order chi connectivity index (χ1) is 9.19. The van der Waals surface area contributed by atoms with Crippen LogP contribution in [0.2, 0.25) is 0 Å². The van der Waals surface area contributed by atoms with Gasteiger partial charge in [-0.15, -0.1) is 0 Å². The number of ether oxygens (including phenoxy) is 1. The summed E-state index contributed by atoms with van der Waals surface area (Å²) in [5, 5.41) is 0. The molecule has 0 aromatic heterocycles. The normalized spacial score (nSPS) is 27.1. The molecule has 1 aromatic rings. The Bertz CT molecular complexity index is 480. The van der Waals surface area contributed by atoms with Crippen molar-refractivity contribution in [2.24, 2.45) is 5.73 Å². The SMILES string of the molecule is Cc1ccc(C)c2c1OCCC2(CN)N1CCCC1. The van der Waals surface area contributed by atoms with Crippen molar-refractivity contribution in [3.05, 3.63) is 28.8 Å². The molecule has 3 nitrogen and oxygen atoms in total. The lowest BCUT2D eigenvalue weighted by Crippen LogP contribution is -2.53. The summed E-state index contributed by atoms with van der Waals surface area (Å²) in [4.78, 5) is 2.60. The maximum atomic E-state index is 6.25. The Balaban J connectivity index is 2.16. The van der Waals surface area contributed by atoms with E-state index in [1.165, 1.54) is 42.6 Å². The van der Waals surface area contributed by atoms with E-state index < -0.39 is 0 Å². The zero-order chi connectivity index (χ0) is 13.5. The van der Waals surface area contributed by atoms with Crippen molar-refractivity contribution in [1.82, 2.24) is 4.90 Å². The van der Waals surface area contributed by atoms with Gasteiger partial charge in [0.1, 0.15) is 5.75 Å². The van der Waals surface area contributed by atoms with E-state index in [2.05, 4.69) is 30.9 Å². The fourth-order valence-electron chi connectivity index (χ4n) is 3.79. The summed E-state index contributed by atoms with van der Waals surface area (Å²) in [6.07, 6.45) is 3.60. The van der Waals surface area contributed by atoms with Crippen LogP contribution in [0.5, 0.6) is 5.75 Å².